The molecule has 1 saturated carbocycles. The molecule has 0 unspecified atom stereocenters. The van der Waals surface area contributed by atoms with Crippen LogP contribution in [0.2, 0.25) is 0 Å². The zero-order valence-corrected chi connectivity index (χ0v) is 14.2. The zero-order valence-electron chi connectivity index (χ0n) is 14.2. The van der Waals surface area contributed by atoms with Gasteiger partial charge in [-0.25, -0.2) is 4.79 Å². The number of hydrogen-bond donors (Lipinski definition) is 2. The lowest BCUT2D eigenvalue weighted by Crippen LogP contribution is -2.70. The summed E-state index contributed by atoms with van der Waals surface area (Å²) in [5.41, 5.74) is 2.39. The largest absolute Gasteiger partial charge is 0.375 e. The quantitative estimate of drug-likeness (QED) is 0.889. The van der Waals surface area contributed by atoms with Gasteiger partial charge >= 0.3 is 6.03 Å². The van der Waals surface area contributed by atoms with Gasteiger partial charge in [-0.1, -0.05) is 24.3 Å². The molecular formula is C19H26N2O3. The van der Waals surface area contributed by atoms with E-state index in [2.05, 4.69) is 34.9 Å². The van der Waals surface area contributed by atoms with Crippen LogP contribution in [0.1, 0.15) is 37.3 Å². The maximum atomic E-state index is 12.4. The minimum Gasteiger partial charge on any atom is -0.375 e. The third-order valence-corrected chi connectivity index (χ3v) is 5.73. The molecule has 0 aromatic heterocycles. The van der Waals surface area contributed by atoms with E-state index < -0.39 is 0 Å². The Labute approximate surface area is 143 Å². The van der Waals surface area contributed by atoms with Crippen LogP contribution in [0.4, 0.5) is 4.79 Å². The van der Waals surface area contributed by atoms with Crippen molar-refractivity contribution in [3.8, 4) is 0 Å². The van der Waals surface area contributed by atoms with Gasteiger partial charge < -0.3 is 20.1 Å². The van der Waals surface area contributed by atoms with Crippen LogP contribution < -0.4 is 10.6 Å². The van der Waals surface area contributed by atoms with Crippen LogP contribution in [-0.4, -0.2) is 43.0 Å². The maximum absolute atomic E-state index is 12.4. The maximum Gasteiger partial charge on any atom is 0.315 e. The molecule has 130 valence electrons. The van der Waals surface area contributed by atoms with Crippen LogP contribution in [0.25, 0.3) is 0 Å². The van der Waals surface area contributed by atoms with Crippen molar-refractivity contribution in [2.24, 2.45) is 0 Å². The van der Waals surface area contributed by atoms with Crippen molar-refractivity contribution in [1.82, 2.24) is 10.6 Å². The highest BCUT2D eigenvalue weighted by atomic mass is 16.6. The summed E-state index contributed by atoms with van der Waals surface area (Å²) in [6.45, 7) is 3.46. The Balaban J connectivity index is 1.32. The van der Waals surface area contributed by atoms with E-state index in [-0.39, 0.29) is 29.8 Å². The summed E-state index contributed by atoms with van der Waals surface area (Å²) >= 11 is 0. The van der Waals surface area contributed by atoms with Crippen molar-refractivity contribution in [2.45, 2.75) is 62.8 Å². The molecule has 1 heterocycles. The second-order valence-electron chi connectivity index (χ2n) is 7.13. The van der Waals surface area contributed by atoms with E-state index in [1.807, 2.05) is 6.92 Å². The molecule has 4 rings (SSSR count). The molecule has 0 radical (unpaired) electrons. The standard InChI is InChI=1S/C19H26N2O3/c1-2-23-17-12-16(19(17)8-5-9-24-19)21-18(22)20-15-10-13-6-3-4-7-14(13)11-15/h3-4,6-7,15-17H,2,5,8-12H2,1H3,(H2,20,21,22)/t16-,17+,19-/m0/s1. The molecule has 1 spiro atoms. The van der Waals surface area contributed by atoms with E-state index in [4.69, 9.17) is 9.47 Å². The second kappa shape index (κ2) is 6.37. The van der Waals surface area contributed by atoms with E-state index in [1.54, 1.807) is 0 Å². The summed E-state index contributed by atoms with van der Waals surface area (Å²) in [6, 6.07) is 8.58. The molecule has 1 saturated heterocycles. The fourth-order valence-corrected chi connectivity index (χ4v) is 4.53. The highest BCUT2D eigenvalue weighted by Crippen LogP contribution is 2.45. The van der Waals surface area contributed by atoms with Gasteiger partial charge in [-0.15, -0.1) is 0 Å². The number of fused-ring (bicyclic) bond motifs is 1. The van der Waals surface area contributed by atoms with Gasteiger partial charge in [0.1, 0.15) is 5.60 Å². The van der Waals surface area contributed by atoms with Crippen molar-refractivity contribution in [2.75, 3.05) is 13.2 Å². The highest BCUT2D eigenvalue weighted by molar-refractivity contribution is 5.75. The normalized spacial score (nSPS) is 31.7. The number of benzene rings is 1. The van der Waals surface area contributed by atoms with E-state index in [0.29, 0.717) is 6.61 Å². The van der Waals surface area contributed by atoms with Gasteiger partial charge in [-0.3, -0.25) is 0 Å². The molecule has 1 aromatic rings. The topological polar surface area (TPSA) is 59.6 Å². The van der Waals surface area contributed by atoms with Gasteiger partial charge in [0, 0.05) is 19.3 Å². The highest BCUT2D eigenvalue weighted by Gasteiger charge is 2.59. The minimum absolute atomic E-state index is 0.0559. The van der Waals surface area contributed by atoms with E-state index >= 15 is 0 Å². The number of amides is 2. The predicted molar refractivity (Wildman–Crippen MR) is 91.0 cm³/mol. The molecule has 2 fully saturated rings. The summed E-state index contributed by atoms with van der Waals surface area (Å²) in [7, 11) is 0. The van der Waals surface area contributed by atoms with Gasteiger partial charge in [0.25, 0.3) is 0 Å². The fraction of sp³-hybridized carbons (Fsp3) is 0.632. The van der Waals surface area contributed by atoms with E-state index in [0.717, 1.165) is 38.7 Å². The van der Waals surface area contributed by atoms with E-state index in [1.165, 1.54) is 11.1 Å². The molecule has 3 aliphatic rings. The number of carbonyl (C=O) groups excluding carboxylic acids is 1. The van der Waals surface area contributed by atoms with Crippen LogP contribution in [0.15, 0.2) is 24.3 Å². The number of ether oxygens (including phenoxy) is 2. The average molecular weight is 330 g/mol. The molecule has 1 aliphatic heterocycles. The average Bonchev–Trinajstić information content (AvgIpc) is 3.22. The smallest absolute Gasteiger partial charge is 0.315 e. The summed E-state index contributed by atoms with van der Waals surface area (Å²) in [5.74, 6) is 0. The number of rotatable bonds is 4. The Kier molecular flexibility index (Phi) is 4.22. The number of urea groups is 1. The van der Waals surface area contributed by atoms with Crippen LogP contribution in [-0.2, 0) is 22.3 Å². The van der Waals surface area contributed by atoms with Crippen LogP contribution in [0, 0.1) is 0 Å². The third-order valence-electron chi connectivity index (χ3n) is 5.73. The lowest BCUT2D eigenvalue weighted by Gasteiger charge is -2.52. The van der Waals surface area contributed by atoms with E-state index in [9.17, 15) is 4.79 Å². The first-order valence-electron chi connectivity index (χ1n) is 9.10. The lowest BCUT2D eigenvalue weighted by atomic mass is 9.70. The number of hydrogen-bond acceptors (Lipinski definition) is 3. The molecule has 0 bridgehead atoms. The molecule has 1 aromatic carbocycles. The van der Waals surface area contributed by atoms with Gasteiger partial charge in [0.15, 0.2) is 0 Å². The molecule has 2 aliphatic carbocycles. The van der Waals surface area contributed by atoms with Gasteiger partial charge in [-0.05, 0) is 50.2 Å². The number of carbonyl (C=O) groups is 1. The van der Waals surface area contributed by atoms with Crippen LogP contribution >= 0.6 is 0 Å². The first kappa shape index (κ1) is 15.9. The van der Waals surface area contributed by atoms with Crippen molar-refractivity contribution < 1.29 is 14.3 Å². The van der Waals surface area contributed by atoms with Crippen molar-refractivity contribution in [3.05, 3.63) is 35.4 Å². The second-order valence-corrected chi connectivity index (χ2v) is 7.13. The Hall–Kier alpha value is -1.59. The van der Waals surface area contributed by atoms with Gasteiger partial charge in [-0.2, -0.15) is 0 Å². The summed E-state index contributed by atoms with van der Waals surface area (Å²) < 4.78 is 11.8. The Morgan fingerprint density at radius 2 is 2.04 bits per heavy atom. The first-order valence-corrected chi connectivity index (χ1v) is 9.10. The molecular weight excluding hydrogens is 304 g/mol. The predicted octanol–water partition coefficient (Wildman–Crippen LogP) is 2.18. The van der Waals surface area contributed by atoms with Gasteiger partial charge in [0.05, 0.1) is 12.1 Å². The van der Waals surface area contributed by atoms with Gasteiger partial charge in [0.2, 0.25) is 0 Å². The molecule has 24 heavy (non-hydrogen) atoms. The van der Waals surface area contributed by atoms with Crippen LogP contribution in [0.3, 0.4) is 0 Å². The Morgan fingerprint density at radius 1 is 1.29 bits per heavy atom. The first-order chi connectivity index (χ1) is 11.7. The SMILES string of the molecule is CCO[C@@H]1C[C@H](NC(=O)NC2Cc3ccccc3C2)[C@@]12CCCO2. The molecule has 5 heteroatoms. The fourth-order valence-electron chi connectivity index (χ4n) is 4.53. The molecule has 2 N–H and O–H groups in total. The Morgan fingerprint density at radius 3 is 2.67 bits per heavy atom. The Bertz CT molecular complexity index is 587. The molecule has 5 nitrogen and oxygen atoms in total. The third kappa shape index (κ3) is 2.70. The monoisotopic (exact) mass is 330 g/mol. The minimum atomic E-state index is -0.300. The zero-order chi connectivity index (χ0) is 16.6. The number of nitrogens with one attached hydrogen (secondary N) is 2. The van der Waals surface area contributed by atoms with Crippen LogP contribution in [0.5, 0.6) is 0 Å². The van der Waals surface area contributed by atoms with Crippen molar-refractivity contribution >= 4 is 6.03 Å². The summed E-state index contributed by atoms with van der Waals surface area (Å²) in [6.07, 6.45) is 4.80. The summed E-state index contributed by atoms with van der Waals surface area (Å²) in [4.78, 5) is 12.4. The molecule has 3 atom stereocenters. The van der Waals surface area contributed by atoms with Crippen molar-refractivity contribution in [3.63, 3.8) is 0 Å². The molecule has 2 amide bonds. The van der Waals surface area contributed by atoms with Crippen molar-refractivity contribution in [1.29, 1.82) is 0 Å². The lowest BCUT2D eigenvalue weighted by molar-refractivity contribution is -0.194. The summed E-state index contributed by atoms with van der Waals surface area (Å²) in [5, 5.41) is 6.27.